The van der Waals surface area contributed by atoms with Gasteiger partial charge in [-0.2, -0.15) is 0 Å². The highest BCUT2D eigenvalue weighted by atomic mass is 15.1. The zero-order valence-corrected chi connectivity index (χ0v) is 11.8. The lowest BCUT2D eigenvalue weighted by atomic mass is 9.82. The quantitative estimate of drug-likeness (QED) is 0.810. The second-order valence-electron chi connectivity index (χ2n) is 6.26. The minimum atomic E-state index is 0.794. The lowest BCUT2D eigenvalue weighted by molar-refractivity contribution is 0.147. The Morgan fingerprint density at radius 1 is 1.00 bits per heavy atom. The van der Waals surface area contributed by atoms with Gasteiger partial charge in [0.05, 0.1) is 0 Å². The molecule has 2 aliphatic rings. The van der Waals surface area contributed by atoms with Gasteiger partial charge in [-0.15, -0.1) is 0 Å². The molecule has 1 N–H and O–H groups in total. The van der Waals surface area contributed by atoms with Gasteiger partial charge in [0.25, 0.3) is 0 Å². The van der Waals surface area contributed by atoms with Gasteiger partial charge in [-0.3, -0.25) is 0 Å². The molecule has 1 saturated carbocycles. The highest BCUT2D eigenvalue weighted by Crippen LogP contribution is 2.29. The van der Waals surface area contributed by atoms with Gasteiger partial charge in [-0.05, 0) is 57.2 Å². The van der Waals surface area contributed by atoms with Crippen molar-refractivity contribution in [2.75, 3.05) is 26.2 Å². The molecule has 0 radical (unpaired) electrons. The van der Waals surface area contributed by atoms with E-state index in [2.05, 4.69) is 24.1 Å². The predicted octanol–water partition coefficient (Wildman–Crippen LogP) is 2.89. The monoisotopic (exact) mass is 238 g/mol. The third-order valence-corrected chi connectivity index (χ3v) is 4.73. The molecule has 0 spiro atoms. The Morgan fingerprint density at radius 2 is 1.65 bits per heavy atom. The fourth-order valence-electron chi connectivity index (χ4n) is 3.49. The van der Waals surface area contributed by atoms with Crippen molar-refractivity contribution in [3.8, 4) is 0 Å². The summed E-state index contributed by atoms with van der Waals surface area (Å²) < 4.78 is 0. The van der Waals surface area contributed by atoms with Crippen molar-refractivity contribution in [3.05, 3.63) is 0 Å². The molecule has 100 valence electrons. The van der Waals surface area contributed by atoms with Crippen LogP contribution in [0.3, 0.4) is 0 Å². The predicted molar refractivity (Wildman–Crippen MR) is 74.3 cm³/mol. The SMILES string of the molecule is CCNC1CCN(CC2CCC(C)CC2)CC1. The maximum absolute atomic E-state index is 3.59. The van der Waals surface area contributed by atoms with E-state index in [4.69, 9.17) is 0 Å². The van der Waals surface area contributed by atoms with E-state index in [-0.39, 0.29) is 0 Å². The van der Waals surface area contributed by atoms with E-state index < -0.39 is 0 Å². The number of hydrogen-bond acceptors (Lipinski definition) is 2. The van der Waals surface area contributed by atoms with Gasteiger partial charge in [0, 0.05) is 12.6 Å². The third-order valence-electron chi connectivity index (χ3n) is 4.73. The number of hydrogen-bond donors (Lipinski definition) is 1. The molecule has 2 fully saturated rings. The Balaban J connectivity index is 1.64. The standard InChI is InChI=1S/C15H30N2/c1-3-16-15-8-10-17(11-9-15)12-14-6-4-13(2)5-7-14/h13-16H,3-12H2,1-2H3. The van der Waals surface area contributed by atoms with E-state index in [1.54, 1.807) is 0 Å². The smallest absolute Gasteiger partial charge is 0.00912 e. The van der Waals surface area contributed by atoms with E-state index in [0.717, 1.165) is 24.4 Å². The summed E-state index contributed by atoms with van der Waals surface area (Å²) in [7, 11) is 0. The molecule has 1 saturated heterocycles. The van der Waals surface area contributed by atoms with E-state index in [9.17, 15) is 0 Å². The van der Waals surface area contributed by atoms with Gasteiger partial charge in [0.2, 0.25) is 0 Å². The van der Waals surface area contributed by atoms with Gasteiger partial charge in [-0.1, -0.05) is 26.7 Å². The lowest BCUT2D eigenvalue weighted by Gasteiger charge is -2.36. The van der Waals surface area contributed by atoms with Crippen molar-refractivity contribution in [2.45, 2.75) is 58.4 Å². The van der Waals surface area contributed by atoms with Gasteiger partial charge < -0.3 is 10.2 Å². The van der Waals surface area contributed by atoms with Crippen LogP contribution >= 0.6 is 0 Å². The summed E-state index contributed by atoms with van der Waals surface area (Å²) in [6.07, 6.45) is 8.62. The van der Waals surface area contributed by atoms with Crippen LogP contribution in [0.5, 0.6) is 0 Å². The second-order valence-corrected chi connectivity index (χ2v) is 6.26. The molecule has 1 aliphatic carbocycles. The van der Waals surface area contributed by atoms with Crippen LogP contribution in [-0.2, 0) is 0 Å². The maximum Gasteiger partial charge on any atom is 0.00912 e. The second kappa shape index (κ2) is 6.75. The number of piperidine rings is 1. The molecule has 0 atom stereocenters. The molecule has 0 amide bonds. The summed E-state index contributed by atoms with van der Waals surface area (Å²) in [5.41, 5.74) is 0. The van der Waals surface area contributed by atoms with Crippen LogP contribution in [0.25, 0.3) is 0 Å². The number of nitrogens with zero attached hydrogens (tertiary/aromatic N) is 1. The van der Waals surface area contributed by atoms with Crippen molar-refractivity contribution in [3.63, 3.8) is 0 Å². The van der Waals surface area contributed by atoms with Gasteiger partial charge in [-0.25, -0.2) is 0 Å². The first-order valence-corrected chi connectivity index (χ1v) is 7.73. The number of nitrogens with one attached hydrogen (secondary N) is 1. The zero-order valence-electron chi connectivity index (χ0n) is 11.8. The molecule has 0 unspecified atom stereocenters. The van der Waals surface area contributed by atoms with Crippen LogP contribution in [-0.4, -0.2) is 37.1 Å². The molecule has 0 aromatic heterocycles. The number of rotatable bonds is 4. The average molecular weight is 238 g/mol. The van der Waals surface area contributed by atoms with E-state index in [0.29, 0.717) is 0 Å². The van der Waals surface area contributed by atoms with Crippen molar-refractivity contribution < 1.29 is 0 Å². The molecule has 17 heavy (non-hydrogen) atoms. The topological polar surface area (TPSA) is 15.3 Å². The molecule has 1 heterocycles. The molecule has 0 aromatic carbocycles. The molecule has 0 aromatic rings. The summed E-state index contributed by atoms with van der Waals surface area (Å²) >= 11 is 0. The van der Waals surface area contributed by atoms with Crippen LogP contribution in [0.2, 0.25) is 0 Å². The van der Waals surface area contributed by atoms with E-state index >= 15 is 0 Å². The molecule has 2 nitrogen and oxygen atoms in total. The average Bonchev–Trinajstić information content (AvgIpc) is 2.35. The number of likely N-dealkylation sites (tertiary alicyclic amines) is 1. The van der Waals surface area contributed by atoms with Crippen LogP contribution in [0.4, 0.5) is 0 Å². The van der Waals surface area contributed by atoms with Gasteiger partial charge in [0.15, 0.2) is 0 Å². The molecule has 1 aliphatic heterocycles. The Morgan fingerprint density at radius 3 is 2.24 bits per heavy atom. The maximum atomic E-state index is 3.59. The molecule has 2 rings (SSSR count). The minimum absolute atomic E-state index is 0.794. The van der Waals surface area contributed by atoms with E-state index in [1.165, 1.54) is 58.2 Å². The summed E-state index contributed by atoms with van der Waals surface area (Å²) in [6, 6.07) is 0.794. The molecule has 2 heteroatoms. The van der Waals surface area contributed by atoms with Crippen molar-refractivity contribution in [2.24, 2.45) is 11.8 Å². The normalized spacial score (nSPS) is 32.8. The minimum Gasteiger partial charge on any atom is -0.314 e. The first-order chi connectivity index (χ1) is 8.28. The fraction of sp³-hybridized carbons (Fsp3) is 1.00. The summed E-state index contributed by atoms with van der Waals surface area (Å²) in [6.45, 7) is 9.79. The van der Waals surface area contributed by atoms with Crippen molar-refractivity contribution in [1.82, 2.24) is 10.2 Å². The van der Waals surface area contributed by atoms with Crippen molar-refractivity contribution >= 4 is 0 Å². The highest BCUT2D eigenvalue weighted by Gasteiger charge is 2.23. The Bertz CT molecular complexity index is 201. The molecule has 0 bridgehead atoms. The fourth-order valence-corrected chi connectivity index (χ4v) is 3.49. The Kier molecular flexibility index (Phi) is 5.30. The van der Waals surface area contributed by atoms with Crippen molar-refractivity contribution in [1.29, 1.82) is 0 Å². The van der Waals surface area contributed by atoms with Crippen LogP contribution < -0.4 is 5.32 Å². The summed E-state index contributed by atoms with van der Waals surface area (Å²) in [5, 5.41) is 3.59. The largest absolute Gasteiger partial charge is 0.314 e. The van der Waals surface area contributed by atoms with Gasteiger partial charge in [0.1, 0.15) is 0 Å². The van der Waals surface area contributed by atoms with E-state index in [1.807, 2.05) is 0 Å². The highest BCUT2D eigenvalue weighted by molar-refractivity contribution is 4.79. The lowest BCUT2D eigenvalue weighted by Crippen LogP contribution is -2.44. The Hall–Kier alpha value is -0.0800. The summed E-state index contributed by atoms with van der Waals surface area (Å²) in [5.74, 6) is 1.99. The zero-order chi connectivity index (χ0) is 12.1. The Labute approximate surface area is 107 Å². The van der Waals surface area contributed by atoms with Gasteiger partial charge >= 0.3 is 0 Å². The molecular weight excluding hydrogens is 208 g/mol. The third kappa shape index (κ3) is 4.26. The van der Waals surface area contributed by atoms with Crippen LogP contribution in [0.15, 0.2) is 0 Å². The first kappa shape index (κ1) is 13.4. The summed E-state index contributed by atoms with van der Waals surface area (Å²) in [4.78, 5) is 2.72. The van der Waals surface area contributed by atoms with Crippen LogP contribution in [0, 0.1) is 11.8 Å². The van der Waals surface area contributed by atoms with Crippen LogP contribution in [0.1, 0.15) is 52.4 Å². The first-order valence-electron chi connectivity index (χ1n) is 7.73. The molecular formula is C15H30N2.